The fourth-order valence-electron chi connectivity index (χ4n) is 9.73. The van der Waals surface area contributed by atoms with E-state index in [1.54, 1.807) is 0 Å². The van der Waals surface area contributed by atoms with E-state index in [1.165, 1.54) is 81.0 Å². The normalized spacial score (nSPS) is 12.8. The SMILES string of the molecule is CC1(C)c2ccccc2-c2c(-c3nc(-c4ccccc4)nc(-c4ccc(-c5ccc(-c6ccc(-c7cccc8sc9ccccc9c78)cc6)c6ccccc56)cc4)n3)cccc21. The van der Waals surface area contributed by atoms with E-state index in [4.69, 9.17) is 15.0 Å². The molecule has 62 heavy (non-hydrogen) atoms. The maximum atomic E-state index is 5.22. The summed E-state index contributed by atoms with van der Waals surface area (Å²) < 4.78 is 2.65. The average molecular weight is 810 g/mol. The zero-order valence-corrected chi connectivity index (χ0v) is 35.1. The highest BCUT2D eigenvalue weighted by Crippen LogP contribution is 2.52. The van der Waals surface area contributed by atoms with Crippen LogP contribution in [-0.2, 0) is 5.41 Å². The molecule has 9 aromatic carbocycles. The van der Waals surface area contributed by atoms with Gasteiger partial charge in [0.05, 0.1) is 0 Å². The fourth-order valence-corrected chi connectivity index (χ4v) is 10.9. The Hall–Kier alpha value is -7.53. The molecule has 0 unspecified atom stereocenters. The molecule has 0 saturated heterocycles. The molecule has 1 aliphatic carbocycles. The summed E-state index contributed by atoms with van der Waals surface area (Å²) in [6, 6.07) is 72.0. The molecule has 0 bridgehead atoms. The van der Waals surface area contributed by atoms with Crippen LogP contribution < -0.4 is 0 Å². The van der Waals surface area contributed by atoms with Crippen molar-refractivity contribution in [3.05, 3.63) is 211 Å². The first kappa shape index (κ1) is 36.3. The van der Waals surface area contributed by atoms with Crippen LogP contribution in [0.15, 0.2) is 200 Å². The maximum absolute atomic E-state index is 5.22. The van der Waals surface area contributed by atoms with Gasteiger partial charge in [-0.25, -0.2) is 15.0 Å². The molecule has 4 heteroatoms. The van der Waals surface area contributed by atoms with E-state index in [9.17, 15) is 0 Å². The smallest absolute Gasteiger partial charge is 0.164 e. The van der Waals surface area contributed by atoms with Crippen LogP contribution in [-0.4, -0.2) is 15.0 Å². The summed E-state index contributed by atoms with van der Waals surface area (Å²) in [5, 5.41) is 5.10. The molecule has 0 saturated carbocycles. The summed E-state index contributed by atoms with van der Waals surface area (Å²) in [4.78, 5) is 15.5. The van der Waals surface area contributed by atoms with Gasteiger partial charge >= 0.3 is 0 Å². The van der Waals surface area contributed by atoms with Crippen molar-refractivity contribution in [2.75, 3.05) is 0 Å². The van der Waals surface area contributed by atoms with Crippen LogP contribution in [0.2, 0.25) is 0 Å². The maximum Gasteiger partial charge on any atom is 0.164 e. The first-order chi connectivity index (χ1) is 30.5. The van der Waals surface area contributed by atoms with Gasteiger partial charge in [-0.1, -0.05) is 202 Å². The molecule has 0 radical (unpaired) electrons. The molecule has 2 heterocycles. The molecule has 0 amide bonds. The molecule has 292 valence electrons. The summed E-state index contributed by atoms with van der Waals surface area (Å²) in [7, 11) is 0. The number of fused-ring (bicyclic) bond motifs is 7. The van der Waals surface area contributed by atoms with Crippen molar-refractivity contribution in [1.29, 1.82) is 0 Å². The Balaban J connectivity index is 0.913. The zero-order chi connectivity index (χ0) is 41.4. The van der Waals surface area contributed by atoms with E-state index in [-0.39, 0.29) is 5.41 Å². The number of hydrogen-bond acceptors (Lipinski definition) is 4. The number of aromatic nitrogens is 3. The third-order valence-electron chi connectivity index (χ3n) is 12.8. The summed E-state index contributed by atoms with van der Waals surface area (Å²) in [5.41, 5.74) is 15.1. The van der Waals surface area contributed by atoms with Gasteiger partial charge in [0.15, 0.2) is 17.5 Å². The van der Waals surface area contributed by atoms with E-state index < -0.39 is 0 Å². The lowest BCUT2D eigenvalue weighted by atomic mass is 9.82. The van der Waals surface area contributed by atoms with E-state index >= 15 is 0 Å². The molecular formula is C58H39N3S. The van der Waals surface area contributed by atoms with Gasteiger partial charge in [0.25, 0.3) is 0 Å². The van der Waals surface area contributed by atoms with Gasteiger partial charge in [-0.3, -0.25) is 0 Å². The lowest BCUT2D eigenvalue weighted by Crippen LogP contribution is -2.14. The molecule has 1 aliphatic rings. The topological polar surface area (TPSA) is 38.7 Å². The Morgan fingerprint density at radius 2 is 0.790 bits per heavy atom. The van der Waals surface area contributed by atoms with Gasteiger partial charge in [0, 0.05) is 42.3 Å². The number of nitrogens with zero attached hydrogens (tertiary/aromatic N) is 3. The van der Waals surface area contributed by atoms with Crippen LogP contribution in [0.3, 0.4) is 0 Å². The minimum Gasteiger partial charge on any atom is -0.208 e. The molecular weight excluding hydrogens is 771 g/mol. The molecule has 12 rings (SSSR count). The van der Waals surface area contributed by atoms with Crippen molar-refractivity contribution < 1.29 is 0 Å². The van der Waals surface area contributed by atoms with Crippen molar-refractivity contribution in [3.8, 4) is 78.7 Å². The number of benzene rings is 9. The summed E-state index contributed by atoms with van der Waals surface area (Å²) in [5.74, 6) is 1.98. The fraction of sp³-hybridized carbons (Fsp3) is 0.0517. The summed E-state index contributed by atoms with van der Waals surface area (Å²) >= 11 is 1.86. The monoisotopic (exact) mass is 809 g/mol. The van der Waals surface area contributed by atoms with Crippen LogP contribution in [0.4, 0.5) is 0 Å². The largest absolute Gasteiger partial charge is 0.208 e. The summed E-state index contributed by atoms with van der Waals surface area (Å²) in [6.45, 7) is 4.61. The molecule has 11 aromatic rings. The Kier molecular flexibility index (Phi) is 8.38. The van der Waals surface area contributed by atoms with E-state index in [2.05, 4.69) is 196 Å². The van der Waals surface area contributed by atoms with Gasteiger partial charge in [0.2, 0.25) is 0 Å². The first-order valence-corrected chi connectivity index (χ1v) is 22.0. The van der Waals surface area contributed by atoms with E-state index in [0.29, 0.717) is 17.5 Å². The highest BCUT2D eigenvalue weighted by Gasteiger charge is 2.37. The van der Waals surface area contributed by atoms with Crippen LogP contribution in [0, 0.1) is 0 Å². The van der Waals surface area contributed by atoms with Crippen LogP contribution in [0.1, 0.15) is 25.0 Å². The van der Waals surface area contributed by atoms with E-state index in [1.807, 2.05) is 29.5 Å². The van der Waals surface area contributed by atoms with E-state index in [0.717, 1.165) is 22.3 Å². The second kappa shape index (κ2) is 14.3. The molecule has 0 N–H and O–H groups in total. The second-order valence-corrected chi connectivity index (χ2v) is 17.8. The van der Waals surface area contributed by atoms with Crippen LogP contribution >= 0.6 is 11.3 Å². The highest BCUT2D eigenvalue weighted by molar-refractivity contribution is 7.25. The van der Waals surface area contributed by atoms with Crippen molar-refractivity contribution in [2.45, 2.75) is 19.3 Å². The molecule has 2 aromatic heterocycles. The Labute approximate surface area is 364 Å². The lowest BCUT2D eigenvalue weighted by molar-refractivity contribution is 0.660. The summed E-state index contributed by atoms with van der Waals surface area (Å²) in [6.07, 6.45) is 0. The predicted octanol–water partition coefficient (Wildman–Crippen LogP) is 15.7. The molecule has 0 atom stereocenters. The predicted molar refractivity (Wildman–Crippen MR) is 260 cm³/mol. The number of rotatable bonds is 6. The lowest BCUT2D eigenvalue weighted by Gasteiger charge is -2.21. The average Bonchev–Trinajstić information content (AvgIpc) is 3.83. The van der Waals surface area contributed by atoms with Crippen molar-refractivity contribution in [1.82, 2.24) is 15.0 Å². The molecule has 0 spiro atoms. The van der Waals surface area contributed by atoms with Gasteiger partial charge in [0.1, 0.15) is 0 Å². The first-order valence-electron chi connectivity index (χ1n) is 21.2. The van der Waals surface area contributed by atoms with Gasteiger partial charge in [-0.2, -0.15) is 0 Å². The highest BCUT2D eigenvalue weighted by atomic mass is 32.1. The molecule has 3 nitrogen and oxygen atoms in total. The van der Waals surface area contributed by atoms with Crippen molar-refractivity contribution in [3.63, 3.8) is 0 Å². The van der Waals surface area contributed by atoms with Gasteiger partial charge < -0.3 is 0 Å². The minimum absolute atomic E-state index is 0.126. The van der Waals surface area contributed by atoms with Crippen molar-refractivity contribution >= 4 is 42.3 Å². The van der Waals surface area contributed by atoms with Crippen LogP contribution in [0.5, 0.6) is 0 Å². The molecule has 0 aliphatic heterocycles. The third kappa shape index (κ3) is 5.83. The quantitative estimate of drug-likeness (QED) is 0.168. The van der Waals surface area contributed by atoms with Crippen LogP contribution in [0.25, 0.3) is 110 Å². The van der Waals surface area contributed by atoms with Gasteiger partial charge in [-0.15, -0.1) is 11.3 Å². The Bertz CT molecular complexity index is 3530. The Morgan fingerprint density at radius 1 is 0.323 bits per heavy atom. The number of hydrogen-bond donors (Lipinski definition) is 0. The molecule has 0 fully saturated rings. The standard InChI is InChI=1S/C58H39N3S/c1-58(2)49-22-10-8-18-46(49)53-48(21-12-23-50(53)58)57-60-55(39-14-4-3-5-15-39)59-56(61-57)40-32-30-37(31-33-40)42-35-34-41(44-16-6-7-17-45(42)44)36-26-28-38(29-27-36)43-20-13-25-52-54(43)47-19-9-11-24-51(47)62-52/h3-35H,1-2H3. The second-order valence-electron chi connectivity index (χ2n) is 16.7. The zero-order valence-electron chi connectivity index (χ0n) is 34.3. The minimum atomic E-state index is -0.126. The van der Waals surface area contributed by atoms with Gasteiger partial charge in [-0.05, 0) is 78.5 Å². The van der Waals surface area contributed by atoms with Crippen molar-refractivity contribution in [2.24, 2.45) is 0 Å². The number of thiophene rings is 1. The third-order valence-corrected chi connectivity index (χ3v) is 13.9. The Morgan fingerprint density at radius 3 is 1.48 bits per heavy atom.